The first-order valence-electron chi connectivity index (χ1n) is 8.05. The van der Waals surface area contributed by atoms with Gasteiger partial charge in [0.25, 0.3) is 5.91 Å². The van der Waals surface area contributed by atoms with Gasteiger partial charge in [-0.25, -0.2) is 5.48 Å². The molecule has 1 amide bonds. The molecule has 1 aromatic carbocycles. The van der Waals surface area contributed by atoms with Crippen LogP contribution in [0.4, 0.5) is 0 Å². The number of carbonyl (C=O) groups excluding carboxylic acids is 1. The number of nitrogens with zero attached hydrogens (tertiary/aromatic N) is 1. The second-order valence-electron chi connectivity index (χ2n) is 6.70. The molecule has 1 saturated carbocycles. The molecule has 0 aromatic heterocycles. The van der Waals surface area contributed by atoms with Gasteiger partial charge in [-0.05, 0) is 48.0 Å². The van der Waals surface area contributed by atoms with E-state index in [1.165, 1.54) is 24.7 Å². The van der Waals surface area contributed by atoms with Gasteiger partial charge >= 0.3 is 0 Å². The van der Waals surface area contributed by atoms with Crippen LogP contribution in [0.2, 0.25) is 0 Å². The lowest BCUT2D eigenvalue weighted by Gasteiger charge is -2.29. The third kappa shape index (κ3) is 3.43. The zero-order chi connectivity index (χ0) is 17.3. The second kappa shape index (κ2) is 6.74. The summed E-state index contributed by atoms with van der Waals surface area (Å²) in [6.07, 6.45) is 4.41. The number of amides is 1. The third-order valence-corrected chi connectivity index (χ3v) is 6.48. The molecular formula is C17H22N2O4S. The SMILES string of the molecule is C[S+]([O-])C(C)(CC1CC(c2ccc(C3CC3)cc2)=NO1)C(=O)NO. The molecule has 6 nitrogen and oxygen atoms in total. The smallest absolute Gasteiger partial charge is 0.299 e. The molecule has 1 fully saturated rings. The first-order chi connectivity index (χ1) is 11.4. The predicted molar refractivity (Wildman–Crippen MR) is 91.5 cm³/mol. The lowest BCUT2D eigenvalue weighted by molar-refractivity contribution is -0.132. The summed E-state index contributed by atoms with van der Waals surface area (Å²) in [6, 6.07) is 8.37. The van der Waals surface area contributed by atoms with Crippen LogP contribution in [-0.4, -0.2) is 38.5 Å². The van der Waals surface area contributed by atoms with Crippen molar-refractivity contribution < 1.29 is 19.4 Å². The summed E-state index contributed by atoms with van der Waals surface area (Å²) in [5, 5.41) is 13.0. The fraction of sp³-hybridized carbons (Fsp3) is 0.529. The zero-order valence-corrected chi connectivity index (χ0v) is 14.6. The molecule has 130 valence electrons. The average molecular weight is 350 g/mol. The van der Waals surface area contributed by atoms with E-state index in [1.807, 2.05) is 0 Å². The van der Waals surface area contributed by atoms with Crippen LogP contribution < -0.4 is 5.48 Å². The third-order valence-electron chi connectivity index (χ3n) is 4.86. The Morgan fingerprint density at radius 3 is 2.67 bits per heavy atom. The van der Waals surface area contributed by atoms with E-state index in [9.17, 15) is 9.35 Å². The first-order valence-corrected chi connectivity index (χ1v) is 9.61. The highest BCUT2D eigenvalue weighted by molar-refractivity contribution is 7.92. The Morgan fingerprint density at radius 1 is 1.46 bits per heavy atom. The summed E-state index contributed by atoms with van der Waals surface area (Å²) in [7, 11) is 0. The molecule has 1 aliphatic heterocycles. The summed E-state index contributed by atoms with van der Waals surface area (Å²) in [5.74, 6) is 0.0416. The number of benzene rings is 1. The monoisotopic (exact) mass is 350 g/mol. The van der Waals surface area contributed by atoms with Crippen molar-refractivity contribution in [2.24, 2.45) is 5.16 Å². The second-order valence-corrected chi connectivity index (χ2v) is 8.51. The first kappa shape index (κ1) is 17.3. The van der Waals surface area contributed by atoms with Crippen molar-refractivity contribution in [1.82, 2.24) is 5.48 Å². The molecule has 7 heteroatoms. The van der Waals surface area contributed by atoms with E-state index < -0.39 is 21.8 Å². The largest absolute Gasteiger partial charge is 0.616 e. The van der Waals surface area contributed by atoms with Gasteiger partial charge < -0.3 is 9.39 Å². The normalized spacial score (nSPS) is 23.8. The minimum Gasteiger partial charge on any atom is -0.616 e. The van der Waals surface area contributed by atoms with Gasteiger partial charge in [-0.3, -0.25) is 10.0 Å². The van der Waals surface area contributed by atoms with Gasteiger partial charge in [0.05, 0.1) is 12.0 Å². The van der Waals surface area contributed by atoms with E-state index >= 15 is 0 Å². The van der Waals surface area contributed by atoms with Crippen LogP contribution in [0.15, 0.2) is 29.4 Å². The number of carbonyl (C=O) groups is 1. The minimum absolute atomic E-state index is 0.218. The number of hydrogen-bond acceptors (Lipinski definition) is 5. The van der Waals surface area contributed by atoms with E-state index in [2.05, 4.69) is 29.4 Å². The topological polar surface area (TPSA) is 94.0 Å². The molecule has 3 unspecified atom stereocenters. The zero-order valence-electron chi connectivity index (χ0n) is 13.8. The van der Waals surface area contributed by atoms with Gasteiger partial charge in [-0.15, -0.1) is 0 Å². The van der Waals surface area contributed by atoms with Crippen molar-refractivity contribution in [3.8, 4) is 0 Å². The van der Waals surface area contributed by atoms with Crippen molar-refractivity contribution in [2.45, 2.75) is 49.4 Å². The predicted octanol–water partition coefficient (Wildman–Crippen LogP) is 2.09. The summed E-state index contributed by atoms with van der Waals surface area (Å²) in [6.45, 7) is 1.56. The Hall–Kier alpha value is -1.57. The van der Waals surface area contributed by atoms with E-state index in [1.54, 1.807) is 12.4 Å². The number of oxime groups is 1. The fourth-order valence-corrected chi connectivity index (χ4v) is 3.69. The minimum atomic E-state index is -1.46. The van der Waals surface area contributed by atoms with Gasteiger partial charge in [0.2, 0.25) is 4.75 Å². The summed E-state index contributed by atoms with van der Waals surface area (Å²) < 4.78 is 10.7. The van der Waals surface area contributed by atoms with Crippen LogP contribution in [0, 0.1) is 0 Å². The van der Waals surface area contributed by atoms with Gasteiger partial charge in [0, 0.05) is 12.8 Å². The molecule has 1 aliphatic carbocycles. The van der Waals surface area contributed by atoms with E-state index in [-0.39, 0.29) is 12.5 Å². The van der Waals surface area contributed by atoms with Crippen LogP contribution in [0.3, 0.4) is 0 Å². The van der Waals surface area contributed by atoms with Crippen molar-refractivity contribution >= 4 is 22.8 Å². The Morgan fingerprint density at radius 2 is 2.12 bits per heavy atom. The maximum Gasteiger partial charge on any atom is 0.299 e. The molecule has 0 spiro atoms. The molecular weight excluding hydrogens is 328 g/mol. The van der Waals surface area contributed by atoms with E-state index in [4.69, 9.17) is 10.0 Å². The molecule has 1 aromatic rings. The van der Waals surface area contributed by atoms with Crippen LogP contribution in [0.5, 0.6) is 0 Å². The maximum absolute atomic E-state index is 12.0. The number of rotatable bonds is 6. The molecule has 3 atom stereocenters. The highest BCUT2D eigenvalue weighted by atomic mass is 32.2. The number of hydrogen-bond donors (Lipinski definition) is 2. The summed E-state index contributed by atoms with van der Waals surface area (Å²) in [5.41, 5.74) is 4.80. The van der Waals surface area contributed by atoms with Gasteiger partial charge in [-0.2, -0.15) is 0 Å². The number of nitrogens with one attached hydrogen (secondary N) is 1. The molecule has 0 saturated heterocycles. The van der Waals surface area contributed by atoms with Gasteiger partial charge in [-0.1, -0.05) is 29.4 Å². The number of hydroxylamine groups is 1. The average Bonchev–Trinajstić information content (AvgIpc) is 3.33. The Kier molecular flexibility index (Phi) is 4.85. The lowest BCUT2D eigenvalue weighted by Crippen LogP contribution is -2.51. The Balaban J connectivity index is 1.64. The van der Waals surface area contributed by atoms with Crippen molar-refractivity contribution in [1.29, 1.82) is 0 Å². The van der Waals surface area contributed by atoms with Crippen LogP contribution in [0.1, 0.15) is 49.7 Å². The lowest BCUT2D eigenvalue weighted by atomic mass is 9.96. The van der Waals surface area contributed by atoms with Crippen LogP contribution in [-0.2, 0) is 20.8 Å². The molecule has 1 heterocycles. The van der Waals surface area contributed by atoms with Crippen molar-refractivity contribution in [2.75, 3.05) is 6.26 Å². The Labute approximate surface area is 144 Å². The molecule has 24 heavy (non-hydrogen) atoms. The molecule has 0 bridgehead atoms. The molecule has 2 N–H and O–H groups in total. The van der Waals surface area contributed by atoms with Crippen molar-refractivity contribution in [3.63, 3.8) is 0 Å². The fourth-order valence-electron chi connectivity index (χ4n) is 2.97. The highest BCUT2D eigenvalue weighted by Crippen LogP contribution is 2.40. The van der Waals surface area contributed by atoms with Gasteiger partial charge in [0.15, 0.2) is 0 Å². The summed E-state index contributed by atoms with van der Waals surface area (Å²) in [4.78, 5) is 17.3. The van der Waals surface area contributed by atoms with Crippen LogP contribution in [0.25, 0.3) is 0 Å². The van der Waals surface area contributed by atoms with Crippen LogP contribution >= 0.6 is 0 Å². The highest BCUT2D eigenvalue weighted by Gasteiger charge is 2.46. The standard InChI is InChI=1S/C17H22N2O4S/c1-17(24(2)22,16(20)18-21)10-14-9-15(19-23-14)13-7-5-12(6-8-13)11-3-4-11/h5-8,11,14,21H,3-4,9-10H2,1-2H3,(H,18,20). The molecule has 3 rings (SSSR count). The molecule has 2 aliphatic rings. The molecule has 0 radical (unpaired) electrons. The van der Waals surface area contributed by atoms with E-state index in [0.29, 0.717) is 12.3 Å². The van der Waals surface area contributed by atoms with E-state index in [0.717, 1.165) is 11.3 Å². The summed E-state index contributed by atoms with van der Waals surface area (Å²) >= 11 is -1.46. The maximum atomic E-state index is 12.0. The van der Waals surface area contributed by atoms with Crippen molar-refractivity contribution in [3.05, 3.63) is 35.4 Å². The van der Waals surface area contributed by atoms with Gasteiger partial charge in [0.1, 0.15) is 6.10 Å². The Bertz CT molecular complexity index is 642. The quantitative estimate of drug-likeness (QED) is 0.467.